The normalized spacial score (nSPS) is 20.5. The van der Waals surface area contributed by atoms with E-state index in [1.54, 1.807) is 0 Å². The zero-order valence-corrected chi connectivity index (χ0v) is 8.40. The largest absolute Gasteiger partial charge is 0.481 e. The van der Waals surface area contributed by atoms with Gasteiger partial charge in [-0.3, -0.25) is 4.79 Å². The Balaban J connectivity index is 2.45. The van der Waals surface area contributed by atoms with Crippen molar-refractivity contribution in [1.29, 1.82) is 0 Å². The number of carboxylic acid groups (broad SMARTS) is 1. The van der Waals surface area contributed by atoms with Gasteiger partial charge in [0, 0.05) is 13.1 Å². The lowest BCUT2D eigenvalue weighted by Gasteiger charge is -2.30. The number of terminal acetylenes is 1. The lowest BCUT2D eigenvalue weighted by atomic mass is 9.99. The Hall–Kier alpha value is -1.70. The number of rotatable bonds is 2. The molecular weight excluding hydrogens is 196 g/mol. The number of urea groups is 1. The standard InChI is InChI=1S/C10H14N2O3/c1-2-5-11-10(15)12-6-3-4-8(7-12)9(13)14/h1,8H,3-7H2,(H,11,15)(H,13,14)/t8-/m0/s1. The van der Waals surface area contributed by atoms with E-state index in [0.717, 1.165) is 6.42 Å². The number of aliphatic carboxylic acids is 1. The molecule has 0 saturated carbocycles. The Labute approximate surface area is 88.4 Å². The smallest absolute Gasteiger partial charge is 0.318 e. The summed E-state index contributed by atoms with van der Waals surface area (Å²) in [7, 11) is 0. The molecule has 15 heavy (non-hydrogen) atoms. The maximum atomic E-state index is 11.5. The van der Waals surface area contributed by atoms with Crippen molar-refractivity contribution in [2.45, 2.75) is 12.8 Å². The fourth-order valence-corrected chi connectivity index (χ4v) is 1.60. The van der Waals surface area contributed by atoms with Crippen molar-refractivity contribution in [2.75, 3.05) is 19.6 Å². The van der Waals surface area contributed by atoms with Gasteiger partial charge in [0.15, 0.2) is 0 Å². The highest BCUT2D eigenvalue weighted by molar-refractivity contribution is 5.76. The molecule has 5 heteroatoms. The van der Waals surface area contributed by atoms with Crippen LogP contribution in [0.1, 0.15) is 12.8 Å². The van der Waals surface area contributed by atoms with E-state index in [9.17, 15) is 9.59 Å². The third-order valence-electron chi connectivity index (χ3n) is 2.40. The van der Waals surface area contributed by atoms with Crippen LogP contribution in [0.15, 0.2) is 0 Å². The van der Waals surface area contributed by atoms with Gasteiger partial charge >= 0.3 is 12.0 Å². The number of carbonyl (C=O) groups is 2. The molecule has 1 aliphatic heterocycles. The SMILES string of the molecule is C#CCNC(=O)N1CCC[C@H](C(=O)O)C1. The summed E-state index contributed by atoms with van der Waals surface area (Å²) in [6.07, 6.45) is 6.36. The van der Waals surface area contributed by atoms with E-state index in [0.29, 0.717) is 13.0 Å². The molecule has 1 saturated heterocycles. The summed E-state index contributed by atoms with van der Waals surface area (Å²) in [5, 5.41) is 11.3. The molecule has 0 aromatic rings. The minimum atomic E-state index is -0.843. The van der Waals surface area contributed by atoms with Crippen LogP contribution < -0.4 is 5.32 Å². The number of carbonyl (C=O) groups excluding carboxylic acids is 1. The van der Waals surface area contributed by atoms with Crippen molar-refractivity contribution in [2.24, 2.45) is 5.92 Å². The third-order valence-corrected chi connectivity index (χ3v) is 2.40. The molecule has 1 atom stereocenters. The highest BCUT2D eigenvalue weighted by atomic mass is 16.4. The second-order valence-electron chi connectivity index (χ2n) is 3.49. The van der Waals surface area contributed by atoms with Crippen molar-refractivity contribution < 1.29 is 14.7 Å². The highest BCUT2D eigenvalue weighted by Gasteiger charge is 2.27. The van der Waals surface area contributed by atoms with Crippen LogP contribution >= 0.6 is 0 Å². The zero-order valence-electron chi connectivity index (χ0n) is 8.40. The summed E-state index contributed by atoms with van der Waals surface area (Å²) in [5.41, 5.74) is 0. The molecule has 0 unspecified atom stereocenters. The van der Waals surface area contributed by atoms with Gasteiger partial charge in [0.05, 0.1) is 12.5 Å². The molecule has 2 N–H and O–H groups in total. The van der Waals surface area contributed by atoms with E-state index >= 15 is 0 Å². The number of carboxylic acids is 1. The molecule has 82 valence electrons. The van der Waals surface area contributed by atoms with Crippen LogP contribution in [-0.4, -0.2) is 41.6 Å². The summed E-state index contributed by atoms with van der Waals surface area (Å²) < 4.78 is 0. The molecule has 1 fully saturated rings. The molecule has 1 aliphatic rings. The molecule has 0 spiro atoms. The molecule has 1 rings (SSSR count). The minimum absolute atomic E-state index is 0.174. The fraction of sp³-hybridized carbons (Fsp3) is 0.600. The summed E-state index contributed by atoms with van der Waals surface area (Å²) >= 11 is 0. The van der Waals surface area contributed by atoms with Gasteiger partial charge in [0.1, 0.15) is 0 Å². The number of hydrogen-bond donors (Lipinski definition) is 2. The van der Waals surface area contributed by atoms with E-state index in [4.69, 9.17) is 11.5 Å². The number of amides is 2. The van der Waals surface area contributed by atoms with Crippen molar-refractivity contribution in [3.63, 3.8) is 0 Å². The van der Waals surface area contributed by atoms with Crippen LogP contribution in [0.3, 0.4) is 0 Å². The second kappa shape index (κ2) is 5.25. The first-order chi connectivity index (χ1) is 7.15. The quantitative estimate of drug-likeness (QED) is 0.636. The summed E-state index contributed by atoms with van der Waals surface area (Å²) in [5.74, 6) is 1.00. The Bertz CT molecular complexity index is 296. The Morgan fingerprint density at radius 3 is 2.93 bits per heavy atom. The van der Waals surface area contributed by atoms with Crippen molar-refractivity contribution in [3.05, 3.63) is 0 Å². The maximum absolute atomic E-state index is 11.5. The highest BCUT2D eigenvalue weighted by Crippen LogP contribution is 2.16. The molecule has 0 bridgehead atoms. The molecular formula is C10H14N2O3. The molecule has 2 amide bonds. The first-order valence-corrected chi connectivity index (χ1v) is 4.84. The van der Waals surface area contributed by atoms with Crippen LogP contribution in [0.4, 0.5) is 4.79 Å². The fourth-order valence-electron chi connectivity index (χ4n) is 1.60. The van der Waals surface area contributed by atoms with Gasteiger partial charge in [0.2, 0.25) is 0 Å². The molecule has 5 nitrogen and oxygen atoms in total. The predicted octanol–water partition coefficient (Wildman–Crippen LogP) is 0.126. The lowest BCUT2D eigenvalue weighted by molar-refractivity contribution is -0.143. The van der Waals surface area contributed by atoms with Gasteiger partial charge in [-0.15, -0.1) is 6.42 Å². The van der Waals surface area contributed by atoms with Crippen LogP contribution in [0, 0.1) is 18.3 Å². The number of likely N-dealkylation sites (tertiary alicyclic amines) is 1. The first kappa shape index (κ1) is 11.4. The lowest BCUT2D eigenvalue weighted by Crippen LogP contribution is -2.47. The van der Waals surface area contributed by atoms with Gasteiger partial charge < -0.3 is 15.3 Å². The van der Waals surface area contributed by atoms with Crippen molar-refractivity contribution in [3.8, 4) is 12.3 Å². The predicted molar refractivity (Wildman–Crippen MR) is 54.2 cm³/mol. The number of hydrogen-bond acceptors (Lipinski definition) is 2. The Kier molecular flexibility index (Phi) is 3.98. The van der Waals surface area contributed by atoms with Gasteiger partial charge in [-0.1, -0.05) is 5.92 Å². The topological polar surface area (TPSA) is 69.6 Å². The maximum Gasteiger partial charge on any atom is 0.318 e. The molecule has 0 aromatic carbocycles. The van der Waals surface area contributed by atoms with E-state index < -0.39 is 11.9 Å². The van der Waals surface area contributed by atoms with E-state index in [2.05, 4.69) is 11.2 Å². The number of nitrogens with one attached hydrogen (secondary N) is 1. The van der Waals surface area contributed by atoms with E-state index in [1.165, 1.54) is 4.90 Å². The van der Waals surface area contributed by atoms with Crippen LogP contribution in [0.2, 0.25) is 0 Å². The minimum Gasteiger partial charge on any atom is -0.481 e. The first-order valence-electron chi connectivity index (χ1n) is 4.84. The van der Waals surface area contributed by atoms with Crippen LogP contribution in [-0.2, 0) is 4.79 Å². The molecule has 0 aliphatic carbocycles. The second-order valence-corrected chi connectivity index (χ2v) is 3.49. The summed E-state index contributed by atoms with van der Waals surface area (Å²) in [6, 6.07) is -0.279. The van der Waals surface area contributed by atoms with Gasteiger partial charge in [-0.05, 0) is 12.8 Å². The van der Waals surface area contributed by atoms with E-state index in [1.807, 2.05) is 0 Å². The van der Waals surface area contributed by atoms with Gasteiger partial charge in [0.25, 0.3) is 0 Å². The Morgan fingerprint density at radius 1 is 1.60 bits per heavy atom. The number of piperidine rings is 1. The molecule has 0 radical (unpaired) electrons. The van der Waals surface area contributed by atoms with Crippen LogP contribution in [0.5, 0.6) is 0 Å². The Morgan fingerprint density at radius 2 is 2.33 bits per heavy atom. The average Bonchev–Trinajstić information content (AvgIpc) is 2.26. The van der Waals surface area contributed by atoms with Crippen molar-refractivity contribution >= 4 is 12.0 Å². The third kappa shape index (κ3) is 3.17. The summed E-state index contributed by atoms with van der Waals surface area (Å²) in [4.78, 5) is 23.7. The molecule has 0 aromatic heterocycles. The monoisotopic (exact) mass is 210 g/mol. The summed E-state index contributed by atoms with van der Waals surface area (Å²) in [6.45, 7) is 1.04. The average molecular weight is 210 g/mol. The van der Waals surface area contributed by atoms with Gasteiger partial charge in [-0.2, -0.15) is 0 Å². The zero-order chi connectivity index (χ0) is 11.3. The molecule has 1 heterocycles. The number of nitrogens with zero attached hydrogens (tertiary/aromatic N) is 1. The van der Waals surface area contributed by atoms with E-state index in [-0.39, 0.29) is 19.1 Å². The van der Waals surface area contributed by atoms with Crippen LogP contribution in [0.25, 0.3) is 0 Å². The van der Waals surface area contributed by atoms with Crippen molar-refractivity contribution in [1.82, 2.24) is 10.2 Å². The van der Waals surface area contributed by atoms with Gasteiger partial charge in [-0.25, -0.2) is 4.79 Å².